The number of rotatable bonds is 3. The fourth-order valence-electron chi connectivity index (χ4n) is 5.29. The lowest BCUT2D eigenvalue weighted by Crippen LogP contribution is -2.27. The molecule has 1 aliphatic rings. The maximum Gasteiger partial charge on any atom is 0.436 e. The molecule has 0 fully saturated rings. The zero-order valence-electron chi connectivity index (χ0n) is 23.3. The lowest BCUT2D eigenvalue weighted by atomic mass is 9.95. The third-order valence-corrected chi connectivity index (χ3v) is 7.85. The highest BCUT2D eigenvalue weighted by Gasteiger charge is 2.35. The molecular formula is C31H25ClF3N7O2. The number of amides is 1. The zero-order valence-corrected chi connectivity index (χ0v) is 24.0. The zero-order chi connectivity index (χ0) is 31.0. The molecule has 44 heavy (non-hydrogen) atoms. The highest BCUT2D eigenvalue weighted by atomic mass is 35.5. The van der Waals surface area contributed by atoms with E-state index in [1.165, 1.54) is 35.2 Å². The van der Waals surface area contributed by atoms with Gasteiger partial charge < -0.3 is 5.32 Å². The highest BCUT2D eigenvalue weighted by Crippen LogP contribution is 2.34. The number of fused-ring (bicyclic) bond motifs is 4. The van der Waals surface area contributed by atoms with Gasteiger partial charge in [-0.25, -0.2) is 9.67 Å². The van der Waals surface area contributed by atoms with Crippen molar-refractivity contribution in [2.24, 2.45) is 5.92 Å². The summed E-state index contributed by atoms with van der Waals surface area (Å²) in [5.41, 5.74) is 2.15. The number of para-hydroxylation sites is 1. The van der Waals surface area contributed by atoms with E-state index in [1.54, 1.807) is 6.20 Å². The molecule has 224 valence electrons. The first-order chi connectivity index (χ1) is 21.1. The van der Waals surface area contributed by atoms with Crippen molar-refractivity contribution < 1.29 is 18.0 Å². The minimum Gasteiger partial charge on any atom is -0.325 e. The molecule has 2 bridgehead atoms. The van der Waals surface area contributed by atoms with Crippen molar-refractivity contribution in [1.82, 2.24) is 29.5 Å². The highest BCUT2D eigenvalue weighted by molar-refractivity contribution is 6.31. The third kappa shape index (κ3) is 5.85. The number of benzene rings is 2. The van der Waals surface area contributed by atoms with Gasteiger partial charge in [-0.15, -0.1) is 5.10 Å². The van der Waals surface area contributed by atoms with Crippen LogP contribution in [0.3, 0.4) is 0 Å². The molecule has 0 radical (unpaired) electrons. The Bertz CT molecular complexity index is 1920. The molecule has 0 saturated heterocycles. The third-order valence-electron chi connectivity index (χ3n) is 7.62. The summed E-state index contributed by atoms with van der Waals surface area (Å²) in [5.74, 6) is -0.346. The first kappa shape index (κ1) is 29.2. The Morgan fingerprint density at radius 1 is 0.977 bits per heavy atom. The molecule has 0 saturated carbocycles. The van der Waals surface area contributed by atoms with E-state index in [0.29, 0.717) is 41.2 Å². The van der Waals surface area contributed by atoms with Gasteiger partial charge in [0.2, 0.25) is 5.91 Å². The number of halogens is 4. The van der Waals surface area contributed by atoms with Crippen LogP contribution in [0.15, 0.2) is 84.2 Å². The van der Waals surface area contributed by atoms with Gasteiger partial charge in [0.05, 0.1) is 35.6 Å². The fourth-order valence-corrected chi connectivity index (χ4v) is 5.46. The Kier molecular flexibility index (Phi) is 7.76. The number of aromatic nitrogens is 6. The minimum atomic E-state index is -4.67. The molecule has 1 N–H and O–H groups in total. The Morgan fingerprint density at radius 2 is 1.80 bits per heavy atom. The second kappa shape index (κ2) is 11.7. The van der Waals surface area contributed by atoms with Gasteiger partial charge in [-0.3, -0.25) is 19.1 Å². The maximum atomic E-state index is 13.7. The van der Waals surface area contributed by atoms with E-state index in [2.05, 4.69) is 25.6 Å². The summed E-state index contributed by atoms with van der Waals surface area (Å²) in [6.07, 6.45) is 0.894. The number of anilines is 1. The standard InChI is InChI=1S/C31H25ClF3N7O2/c1-18-5-4-8-27(25-13-19(11-12-36-25)21-6-2-3-7-23(21)38-30(18)44)41-17-37-24(15-29(41)43)22-14-20(32)9-10-26(22)42-16-28(39-40-42)31(33,34)35/h2-3,6-7,9-18,27H,4-5,8H2,1H3,(H,38,44)/t18-,27+/m1/s1. The predicted molar refractivity (Wildman–Crippen MR) is 158 cm³/mol. The molecule has 13 heteroatoms. The largest absolute Gasteiger partial charge is 0.436 e. The normalized spacial score (nSPS) is 17.2. The SMILES string of the molecule is C[C@@H]1CCC[C@H](n2cnc(-c3cc(Cl)ccc3-n3cc(C(F)(F)F)nn3)cc2=O)c2cc(ccn2)-c2ccccc2NC1=O. The summed E-state index contributed by atoms with van der Waals surface area (Å²) in [6, 6.07) is 16.6. The van der Waals surface area contributed by atoms with E-state index in [0.717, 1.165) is 22.0 Å². The molecule has 6 rings (SSSR count). The number of hydrogen-bond donors (Lipinski definition) is 1. The number of nitrogens with one attached hydrogen (secondary N) is 1. The molecular weight excluding hydrogens is 595 g/mol. The van der Waals surface area contributed by atoms with E-state index in [9.17, 15) is 22.8 Å². The summed E-state index contributed by atoms with van der Waals surface area (Å²) in [6.45, 7) is 1.87. The first-order valence-electron chi connectivity index (χ1n) is 13.8. The minimum absolute atomic E-state index is 0.0842. The molecule has 1 aliphatic heterocycles. The Morgan fingerprint density at radius 3 is 2.57 bits per heavy atom. The average Bonchev–Trinajstić information content (AvgIpc) is 3.51. The second-order valence-electron chi connectivity index (χ2n) is 10.6. The summed E-state index contributed by atoms with van der Waals surface area (Å²) in [4.78, 5) is 35.8. The fraction of sp³-hybridized carbons (Fsp3) is 0.226. The Labute approximate surface area is 254 Å². The van der Waals surface area contributed by atoms with Crippen LogP contribution in [-0.4, -0.2) is 35.4 Å². The second-order valence-corrected chi connectivity index (χ2v) is 11.0. The Balaban J connectivity index is 1.42. The van der Waals surface area contributed by atoms with Crippen molar-refractivity contribution >= 4 is 23.2 Å². The molecule has 1 amide bonds. The van der Waals surface area contributed by atoms with Crippen molar-refractivity contribution in [3.63, 3.8) is 0 Å². The summed E-state index contributed by atoms with van der Waals surface area (Å²) < 4.78 is 42.0. The van der Waals surface area contributed by atoms with E-state index >= 15 is 0 Å². The quantitative estimate of drug-likeness (QED) is 0.245. The summed E-state index contributed by atoms with van der Waals surface area (Å²) in [7, 11) is 0. The molecule has 9 nitrogen and oxygen atoms in total. The van der Waals surface area contributed by atoms with Crippen molar-refractivity contribution in [1.29, 1.82) is 0 Å². The smallest absolute Gasteiger partial charge is 0.325 e. The van der Waals surface area contributed by atoms with Crippen LogP contribution in [0.25, 0.3) is 28.1 Å². The van der Waals surface area contributed by atoms with Crippen LogP contribution in [-0.2, 0) is 11.0 Å². The number of carbonyl (C=O) groups is 1. The topological polar surface area (TPSA) is 108 Å². The number of carbonyl (C=O) groups excluding carboxylic acids is 1. The van der Waals surface area contributed by atoms with Crippen LogP contribution in [0.1, 0.15) is 43.6 Å². The van der Waals surface area contributed by atoms with Crippen LogP contribution in [0.2, 0.25) is 5.02 Å². The van der Waals surface area contributed by atoms with Crippen molar-refractivity contribution in [3.8, 4) is 28.1 Å². The molecule has 5 aromatic rings. The van der Waals surface area contributed by atoms with Crippen LogP contribution in [0, 0.1) is 5.92 Å². The van der Waals surface area contributed by atoms with Crippen LogP contribution >= 0.6 is 11.6 Å². The van der Waals surface area contributed by atoms with Gasteiger partial charge >= 0.3 is 6.18 Å². The van der Waals surface area contributed by atoms with E-state index in [-0.39, 0.29) is 23.2 Å². The molecule has 0 aliphatic carbocycles. The molecule has 2 atom stereocenters. The van der Waals surface area contributed by atoms with E-state index < -0.39 is 23.5 Å². The lowest BCUT2D eigenvalue weighted by Gasteiger charge is -2.23. The van der Waals surface area contributed by atoms with Gasteiger partial charge in [-0.2, -0.15) is 13.2 Å². The summed E-state index contributed by atoms with van der Waals surface area (Å²) >= 11 is 6.23. The van der Waals surface area contributed by atoms with Crippen LogP contribution < -0.4 is 10.9 Å². The molecule has 0 unspecified atom stereocenters. The number of alkyl halides is 3. The first-order valence-corrected chi connectivity index (χ1v) is 14.2. The predicted octanol–water partition coefficient (Wildman–Crippen LogP) is 6.57. The molecule has 2 aromatic carbocycles. The van der Waals surface area contributed by atoms with Gasteiger partial charge in [0.25, 0.3) is 5.56 Å². The molecule has 3 aromatic heterocycles. The van der Waals surface area contributed by atoms with Crippen LogP contribution in [0.4, 0.5) is 18.9 Å². The number of nitrogens with zero attached hydrogens (tertiary/aromatic N) is 6. The Hall–Kier alpha value is -4.84. The monoisotopic (exact) mass is 619 g/mol. The van der Waals surface area contributed by atoms with Gasteiger partial charge in [0.15, 0.2) is 5.69 Å². The lowest BCUT2D eigenvalue weighted by molar-refractivity contribution is -0.141. The maximum absolute atomic E-state index is 13.7. The van der Waals surface area contributed by atoms with Gasteiger partial charge in [-0.05, 0) is 54.8 Å². The van der Waals surface area contributed by atoms with Gasteiger partial charge in [-0.1, -0.05) is 48.4 Å². The average molecular weight is 620 g/mol. The van der Waals surface area contributed by atoms with Crippen molar-refractivity contribution in [3.05, 3.63) is 106 Å². The van der Waals surface area contributed by atoms with Crippen molar-refractivity contribution in [2.45, 2.75) is 38.4 Å². The van der Waals surface area contributed by atoms with E-state index in [1.807, 2.05) is 43.3 Å². The van der Waals surface area contributed by atoms with Gasteiger partial charge in [0, 0.05) is 40.0 Å². The molecule has 0 spiro atoms. The number of hydrogen-bond acceptors (Lipinski definition) is 6. The van der Waals surface area contributed by atoms with E-state index in [4.69, 9.17) is 11.6 Å². The van der Waals surface area contributed by atoms with Crippen molar-refractivity contribution in [2.75, 3.05) is 5.32 Å². The number of pyridine rings is 1. The van der Waals surface area contributed by atoms with Crippen LogP contribution in [0.5, 0.6) is 0 Å². The summed E-state index contributed by atoms with van der Waals surface area (Å²) in [5, 5.41) is 10.2. The molecule has 4 heterocycles. The van der Waals surface area contributed by atoms with Gasteiger partial charge in [0.1, 0.15) is 0 Å².